The van der Waals surface area contributed by atoms with Gasteiger partial charge in [0.05, 0.1) is 9.95 Å². The fraction of sp³-hybridized carbons (Fsp3) is 0.500. The molecule has 6 heteroatoms. The minimum atomic E-state index is -0.658. The molecule has 1 rings (SSSR count). The van der Waals surface area contributed by atoms with Gasteiger partial charge in [0.2, 0.25) is 0 Å². The summed E-state index contributed by atoms with van der Waals surface area (Å²) in [6, 6.07) is 1.90. The maximum Gasteiger partial charge on any atom is 0.274 e. The summed E-state index contributed by atoms with van der Waals surface area (Å²) in [6.07, 6.45) is 0.990. The Balaban J connectivity index is 3.00. The largest absolute Gasteiger partial charge is 0.327 e. The van der Waals surface area contributed by atoms with Crippen LogP contribution in [-0.2, 0) is 6.42 Å². The summed E-state index contributed by atoms with van der Waals surface area (Å²) in [5.41, 5.74) is 5.99. The van der Waals surface area contributed by atoms with Crippen LogP contribution in [0.2, 0.25) is 5.02 Å². The highest BCUT2D eigenvalue weighted by Gasteiger charge is 2.19. The van der Waals surface area contributed by atoms with Gasteiger partial charge in [-0.15, -0.1) is 0 Å². The van der Waals surface area contributed by atoms with E-state index in [9.17, 15) is 14.5 Å². The van der Waals surface area contributed by atoms with Gasteiger partial charge in [-0.2, -0.15) is 0 Å². The fourth-order valence-electron chi connectivity index (χ4n) is 1.88. The van der Waals surface area contributed by atoms with Crippen molar-refractivity contribution in [2.75, 3.05) is 0 Å². The van der Waals surface area contributed by atoms with E-state index in [1.165, 1.54) is 0 Å². The lowest BCUT2D eigenvalue weighted by Crippen LogP contribution is -2.25. The molecule has 100 valence electrons. The van der Waals surface area contributed by atoms with Gasteiger partial charge in [-0.25, -0.2) is 4.39 Å². The second-order valence-electron chi connectivity index (χ2n) is 4.75. The normalized spacial score (nSPS) is 12.8. The Labute approximate surface area is 110 Å². The Morgan fingerprint density at radius 1 is 1.50 bits per heavy atom. The molecule has 1 aromatic carbocycles. The summed E-state index contributed by atoms with van der Waals surface area (Å²) in [6.45, 7) is 4.02. The summed E-state index contributed by atoms with van der Waals surface area (Å²) in [5, 5.41) is 10.6. The SMILES string of the molecule is CC(C)CC(N)Cc1cc(F)c(Cl)cc1[N+](=O)[O-]. The van der Waals surface area contributed by atoms with E-state index in [0.29, 0.717) is 5.92 Å². The lowest BCUT2D eigenvalue weighted by atomic mass is 9.97. The van der Waals surface area contributed by atoms with Gasteiger partial charge in [0.1, 0.15) is 5.82 Å². The number of halogens is 2. The molecular formula is C12H16ClFN2O2. The van der Waals surface area contributed by atoms with Gasteiger partial charge in [0, 0.05) is 17.7 Å². The summed E-state index contributed by atoms with van der Waals surface area (Å²) in [5.74, 6) is -0.273. The van der Waals surface area contributed by atoms with Crippen LogP contribution in [0.1, 0.15) is 25.8 Å². The Morgan fingerprint density at radius 2 is 2.11 bits per heavy atom. The second kappa shape index (κ2) is 6.11. The highest BCUT2D eigenvalue weighted by Crippen LogP contribution is 2.27. The first kappa shape index (κ1) is 14.9. The number of nitrogens with two attached hydrogens (primary N) is 1. The smallest absolute Gasteiger partial charge is 0.274 e. The zero-order chi connectivity index (χ0) is 13.9. The van der Waals surface area contributed by atoms with Crippen LogP contribution in [0.4, 0.5) is 10.1 Å². The van der Waals surface area contributed by atoms with Crippen molar-refractivity contribution in [3.8, 4) is 0 Å². The molecule has 0 amide bonds. The standard InChI is InChI=1S/C12H16ClFN2O2/c1-7(2)3-9(15)4-8-5-11(14)10(13)6-12(8)16(17)18/h5-7,9H,3-4,15H2,1-2H3. The molecule has 0 radical (unpaired) electrons. The van der Waals surface area contributed by atoms with Crippen molar-refractivity contribution >= 4 is 17.3 Å². The van der Waals surface area contributed by atoms with Gasteiger partial charge in [0.15, 0.2) is 0 Å². The Bertz CT molecular complexity index is 452. The lowest BCUT2D eigenvalue weighted by molar-refractivity contribution is -0.385. The number of rotatable bonds is 5. The monoisotopic (exact) mass is 274 g/mol. The first-order chi connectivity index (χ1) is 8.31. The average Bonchev–Trinajstić information content (AvgIpc) is 2.21. The van der Waals surface area contributed by atoms with Gasteiger partial charge in [0.25, 0.3) is 5.69 Å². The molecule has 0 bridgehead atoms. The molecular weight excluding hydrogens is 259 g/mol. The van der Waals surface area contributed by atoms with Crippen molar-refractivity contribution in [1.82, 2.24) is 0 Å². The van der Waals surface area contributed by atoms with E-state index in [4.69, 9.17) is 17.3 Å². The molecule has 0 saturated carbocycles. The molecule has 0 aliphatic rings. The third-order valence-electron chi connectivity index (χ3n) is 2.57. The Morgan fingerprint density at radius 3 is 2.61 bits per heavy atom. The second-order valence-corrected chi connectivity index (χ2v) is 5.15. The molecule has 2 N–H and O–H groups in total. The summed E-state index contributed by atoms with van der Waals surface area (Å²) < 4.78 is 13.3. The van der Waals surface area contributed by atoms with Gasteiger partial charge in [-0.3, -0.25) is 10.1 Å². The van der Waals surface area contributed by atoms with Crippen LogP contribution in [0.25, 0.3) is 0 Å². The van der Waals surface area contributed by atoms with Crippen molar-refractivity contribution in [3.05, 3.63) is 38.7 Å². The summed E-state index contributed by atoms with van der Waals surface area (Å²) in [7, 11) is 0. The van der Waals surface area contributed by atoms with E-state index in [1.807, 2.05) is 13.8 Å². The van der Waals surface area contributed by atoms with Crippen LogP contribution in [-0.4, -0.2) is 11.0 Å². The van der Waals surface area contributed by atoms with Crippen molar-refractivity contribution in [1.29, 1.82) is 0 Å². The predicted octanol–water partition coefficient (Wildman–Crippen LogP) is 3.30. The van der Waals surface area contributed by atoms with Crippen LogP contribution >= 0.6 is 11.6 Å². The number of hydrogen-bond acceptors (Lipinski definition) is 3. The first-order valence-electron chi connectivity index (χ1n) is 5.69. The molecule has 1 aromatic rings. The molecule has 0 aromatic heterocycles. The number of hydrogen-bond donors (Lipinski definition) is 1. The van der Waals surface area contributed by atoms with Gasteiger partial charge < -0.3 is 5.73 Å². The minimum absolute atomic E-state index is 0.180. The molecule has 0 heterocycles. The Hall–Kier alpha value is -1.20. The average molecular weight is 275 g/mol. The van der Waals surface area contributed by atoms with E-state index < -0.39 is 10.7 Å². The van der Waals surface area contributed by atoms with Crippen molar-refractivity contribution in [2.24, 2.45) is 11.7 Å². The number of nitro benzene ring substituents is 1. The quantitative estimate of drug-likeness (QED) is 0.661. The molecule has 0 aliphatic carbocycles. The van der Waals surface area contributed by atoms with Crippen LogP contribution in [0.5, 0.6) is 0 Å². The van der Waals surface area contributed by atoms with Gasteiger partial charge >= 0.3 is 0 Å². The van der Waals surface area contributed by atoms with E-state index in [0.717, 1.165) is 18.6 Å². The van der Waals surface area contributed by atoms with Crippen molar-refractivity contribution in [3.63, 3.8) is 0 Å². The van der Waals surface area contributed by atoms with E-state index in [1.54, 1.807) is 0 Å². The van der Waals surface area contributed by atoms with Crippen molar-refractivity contribution < 1.29 is 9.31 Å². The van der Waals surface area contributed by atoms with E-state index >= 15 is 0 Å². The lowest BCUT2D eigenvalue weighted by Gasteiger charge is -2.14. The molecule has 0 spiro atoms. The van der Waals surface area contributed by atoms with Crippen LogP contribution in [0.3, 0.4) is 0 Å². The molecule has 4 nitrogen and oxygen atoms in total. The summed E-state index contributed by atoms with van der Waals surface area (Å²) in [4.78, 5) is 10.3. The van der Waals surface area contributed by atoms with Crippen LogP contribution in [0.15, 0.2) is 12.1 Å². The van der Waals surface area contributed by atoms with Gasteiger partial charge in [-0.1, -0.05) is 25.4 Å². The molecule has 1 unspecified atom stereocenters. The molecule has 18 heavy (non-hydrogen) atoms. The molecule has 0 fully saturated rings. The third-order valence-corrected chi connectivity index (χ3v) is 2.86. The van der Waals surface area contributed by atoms with Crippen molar-refractivity contribution in [2.45, 2.75) is 32.7 Å². The minimum Gasteiger partial charge on any atom is -0.327 e. The van der Waals surface area contributed by atoms with Crippen LogP contribution in [0, 0.1) is 21.8 Å². The topological polar surface area (TPSA) is 69.2 Å². The molecule has 1 atom stereocenters. The zero-order valence-electron chi connectivity index (χ0n) is 10.3. The fourth-order valence-corrected chi connectivity index (χ4v) is 2.04. The maximum absolute atomic E-state index is 13.3. The van der Waals surface area contributed by atoms with Gasteiger partial charge in [-0.05, 0) is 24.8 Å². The summed E-state index contributed by atoms with van der Waals surface area (Å²) >= 11 is 5.54. The van der Waals surface area contributed by atoms with Crippen LogP contribution < -0.4 is 5.73 Å². The highest BCUT2D eigenvalue weighted by molar-refractivity contribution is 6.31. The molecule has 0 aliphatic heterocycles. The third kappa shape index (κ3) is 3.92. The highest BCUT2D eigenvalue weighted by atomic mass is 35.5. The van der Waals surface area contributed by atoms with E-state index in [2.05, 4.69) is 0 Å². The first-order valence-corrected chi connectivity index (χ1v) is 6.07. The number of nitro groups is 1. The maximum atomic E-state index is 13.3. The van der Waals surface area contributed by atoms with E-state index in [-0.39, 0.29) is 28.7 Å². The number of nitrogens with zero attached hydrogens (tertiary/aromatic N) is 1. The number of benzene rings is 1. The Kier molecular flexibility index (Phi) is 5.04. The molecule has 0 saturated heterocycles. The predicted molar refractivity (Wildman–Crippen MR) is 69.2 cm³/mol. The zero-order valence-corrected chi connectivity index (χ0v) is 11.1.